The van der Waals surface area contributed by atoms with E-state index in [0.717, 1.165) is 19.4 Å². The lowest BCUT2D eigenvalue weighted by Gasteiger charge is -2.09. The third-order valence-corrected chi connectivity index (χ3v) is 2.60. The summed E-state index contributed by atoms with van der Waals surface area (Å²) in [6.07, 6.45) is 2.09. The Bertz CT molecular complexity index is 309. The SMILES string of the molecule is CC1Cc2ccc(O)cc2CCN1. The summed E-state index contributed by atoms with van der Waals surface area (Å²) in [5.74, 6) is 0.383. The quantitative estimate of drug-likeness (QED) is 0.629. The summed E-state index contributed by atoms with van der Waals surface area (Å²) in [7, 11) is 0. The second-order valence-corrected chi connectivity index (χ2v) is 3.76. The number of nitrogens with one attached hydrogen (secondary N) is 1. The Labute approximate surface area is 78.6 Å². The molecule has 0 aliphatic carbocycles. The number of hydrogen-bond donors (Lipinski definition) is 2. The fourth-order valence-electron chi connectivity index (χ4n) is 1.90. The largest absolute Gasteiger partial charge is 0.508 e. The number of phenolic OH excluding ortho intramolecular Hbond substituents is 1. The molecule has 2 rings (SSSR count). The average Bonchev–Trinajstić information content (AvgIpc) is 2.25. The molecule has 1 unspecified atom stereocenters. The molecule has 0 radical (unpaired) electrons. The van der Waals surface area contributed by atoms with Crippen molar-refractivity contribution in [3.63, 3.8) is 0 Å². The molecule has 0 amide bonds. The van der Waals surface area contributed by atoms with Crippen molar-refractivity contribution in [3.05, 3.63) is 29.3 Å². The van der Waals surface area contributed by atoms with Crippen molar-refractivity contribution in [2.45, 2.75) is 25.8 Å². The molecule has 0 saturated heterocycles. The zero-order chi connectivity index (χ0) is 9.26. The van der Waals surface area contributed by atoms with E-state index in [2.05, 4.69) is 12.2 Å². The van der Waals surface area contributed by atoms with Crippen LogP contribution in [0.15, 0.2) is 18.2 Å². The van der Waals surface area contributed by atoms with Crippen LogP contribution in [0, 0.1) is 0 Å². The van der Waals surface area contributed by atoms with Crippen molar-refractivity contribution >= 4 is 0 Å². The highest BCUT2D eigenvalue weighted by Gasteiger charge is 2.12. The fraction of sp³-hybridized carbons (Fsp3) is 0.455. The summed E-state index contributed by atoms with van der Waals surface area (Å²) >= 11 is 0. The van der Waals surface area contributed by atoms with Gasteiger partial charge in [0.25, 0.3) is 0 Å². The zero-order valence-corrected chi connectivity index (χ0v) is 7.88. The van der Waals surface area contributed by atoms with Crippen LogP contribution in [-0.2, 0) is 12.8 Å². The molecule has 0 saturated carbocycles. The van der Waals surface area contributed by atoms with Crippen LogP contribution in [-0.4, -0.2) is 17.7 Å². The maximum Gasteiger partial charge on any atom is 0.115 e. The molecule has 2 N–H and O–H groups in total. The van der Waals surface area contributed by atoms with E-state index in [4.69, 9.17) is 0 Å². The second kappa shape index (κ2) is 3.38. The van der Waals surface area contributed by atoms with Crippen LogP contribution in [0.4, 0.5) is 0 Å². The number of phenols is 1. The Morgan fingerprint density at radius 1 is 1.38 bits per heavy atom. The molecule has 1 atom stereocenters. The summed E-state index contributed by atoms with van der Waals surface area (Å²) in [5, 5.41) is 12.8. The Morgan fingerprint density at radius 2 is 2.23 bits per heavy atom. The Balaban J connectivity index is 2.34. The van der Waals surface area contributed by atoms with E-state index in [-0.39, 0.29) is 0 Å². The number of aromatic hydroxyl groups is 1. The lowest BCUT2D eigenvalue weighted by Crippen LogP contribution is -2.27. The lowest BCUT2D eigenvalue weighted by molar-refractivity contribution is 0.474. The summed E-state index contributed by atoms with van der Waals surface area (Å²) < 4.78 is 0. The van der Waals surface area contributed by atoms with Crippen molar-refractivity contribution in [1.29, 1.82) is 0 Å². The first kappa shape index (κ1) is 8.57. The van der Waals surface area contributed by atoms with Gasteiger partial charge < -0.3 is 10.4 Å². The number of hydrogen-bond acceptors (Lipinski definition) is 2. The Morgan fingerprint density at radius 3 is 3.08 bits per heavy atom. The van der Waals surface area contributed by atoms with Gasteiger partial charge in [-0.15, -0.1) is 0 Å². The normalized spacial score (nSPS) is 22.1. The van der Waals surface area contributed by atoms with E-state index in [1.165, 1.54) is 11.1 Å². The Kier molecular flexibility index (Phi) is 2.23. The molecule has 13 heavy (non-hydrogen) atoms. The number of benzene rings is 1. The van der Waals surface area contributed by atoms with Crippen molar-refractivity contribution in [3.8, 4) is 5.75 Å². The van der Waals surface area contributed by atoms with Crippen LogP contribution in [0.2, 0.25) is 0 Å². The molecule has 2 nitrogen and oxygen atoms in total. The highest BCUT2D eigenvalue weighted by atomic mass is 16.3. The minimum Gasteiger partial charge on any atom is -0.508 e. The van der Waals surface area contributed by atoms with Gasteiger partial charge in [-0.05, 0) is 49.6 Å². The molecule has 0 fully saturated rings. The first-order valence-corrected chi connectivity index (χ1v) is 4.80. The third kappa shape index (κ3) is 1.83. The summed E-state index contributed by atoms with van der Waals surface area (Å²) in [6.45, 7) is 3.21. The third-order valence-electron chi connectivity index (χ3n) is 2.60. The molecule has 1 aromatic carbocycles. The van der Waals surface area contributed by atoms with E-state index in [1.54, 1.807) is 6.07 Å². The molecule has 70 valence electrons. The van der Waals surface area contributed by atoms with Crippen molar-refractivity contribution in [2.24, 2.45) is 0 Å². The van der Waals surface area contributed by atoms with Gasteiger partial charge in [0, 0.05) is 6.04 Å². The van der Waals surface area contributed by atoms with Crippen molar-refractivity contribution < 1.29 is 5.11 Å². The molecular formula is C11H15NO. The van der Waals surface area contributed by atoms with Crippen molar-refractivity contribution in [1.82, 2.24) is 5.32 Å². The fourth-order valence-corrected chi connectivity index (χ4v) is 1.90. The minimum absolute atomic E-state index is 0.383. The van der Waals surface area contributed by atoms with Gasteiger partial charge in [0.05, 0.1) is 0 Å². The first-order chi connectivity index (χ1) is 6.25. The van der Waals surface area contributed by atoms with Crippen LogP contribution in [0.3, 0.4) is 0 Å². The predicted molar refractivity (Wildman–Crippen MR) is 53.0 cm³/mol. The van der Waals surface area contributed by atoms with Crippen molar-refractivity contribution in [2.75, 3.05) is 6.54 Å². The monoisotopic (exact) mass is 177 g/mol. The average molecular weight is 177 g/mol. The maximum absolute atomic E-state index is 9.33. The topological polar surface area (TPSA) is 32.3 Å². The van der Waals surface area contributed by atoms with E-state index < -0.39 is 0 Å². The Hall–Kier alpha value is -1.02. The number of rotatable bonds is 0. The van der Waals surface area contributed by atoms with E-state index in [0.29, 0.717) is 11.8 Å². The van der Waals surface area contributed by atoms with Gasteiger partial charge in [-0.3, -0.25) is 0 Å². The van der Waals surface area contributed by atoms with Crippen LogP contribution in [0.1, 0.15) is 18.1 Å². The molecule has 2 heteroatoms. The molecule has 1 aromatic rings. The minimum atomic E-state index is 0.383. The van der Waals surface area contributed by atoms with Gasteiger partial charge in [-0.1, -0.05) is 6.07 Å². The lowest BCUT2D eigenvalue weighted by atomic mass is 10.0. The molecule has 1 aliphatic rings. The second-order valence-electron chi connectivity index (χ2n) is 3.76. The van der Waals surface area contributed by atoms with Gasteiger partial charge in [0.1, 0.15) is 5.75 Å². The summed E-state index contributed by atoms with van der Waals surface area (Å²) in [4.78, 5) is 0. The van der Waals surface area contributed by atoms with Gasteiger partial charge in [0.15, 0.2) is 0 Å². The van der Waals surface area contributed by atoms with E-state index in [9.17, 15) is 5.11 Å². The molecule has 0 aromatic heterocycles. The van der Waals surface area contributed by atoms with Crippen LogP contribution in [0.5, 0.6) is 5.75 Å². The zero-order valence-electron chi connectivity index (χ0n) is 7.88. The smallest absolute Gasteiger partial charge is 0.115 e. The van der Waals surface area contributed by atoms with Crippen LogP contribution in [0.25, 0.3) is 0 Å². The summed E-state index contributed by atoms with van der Waals surface area (Å²) in [5.41, 5.74) is 2.66. The van der Waals surface area contributed by atoms with Gasteiger partial charge >= 0.3 is 0 Å². The molecule has 0 spiro atoms. The molecular weight excluding hydrogens is 162 g/mol. The highest BCUT2D eigenvalue weighted by Crippen LogP contribution is 2.20. The molecule has 1 aliphatic heterocycles. The number of fused-ring (bicyclic) bond motifs is 1. The van der Waals surface area contributed by atoms with E-state index >= 15 is 0 Å². The standard InChI is InChI=1S/C11H15NO/c1-8-6-9-2-3-11(13)7-10(9)4-5-12-8/h2-3,7-8,12-13H,4-6H2,1H3. The maximum atomic E-state index is 9.33. The summed E-state index contributed by atoms with van der Waals surface area (Å²) in [6, 6.07) is 6.24. The van der Waals surface area contributed by atoms with Crippen LogP contribution >= 0.6 is 0 Å². The van der Waals surface area contributed by atoms with E-state index in [1.807, 2.05) is 12.1 Å². The van der Waals surface area contributed by atoms with Gasteiger partial charge in [0.2, 0.25) is 0 Å². The predicted octanol–water partition coefficient (Wildman–Crippen LogP) is 1.47. The van der Waals surface area contributed by atoms with Gasteiger partial charge in [-0.2, -0.15) is 0 Å². The molecule has 1 heterocycles. The highest BCUT2D eigenvalue weighted by molar-refractivity contribution is 5.36. The first-order valence-electron chi connectivity index (χ1n) is 4.80. The van der Waals surface area contributed by atoms with Gasteiger partial charge in [-0.25, -0.2) is 0 Å². The molecule has 0 bridgehead atoms. The van der Waals surface area contributed by atoms with Crippen LogP contribution < -0.4 is 5.32 Å².